The van der Waals surface area contributed by atoms with Crippen LogP contribution in [0.15, 0.2) is 0 Å². The average Bonchev–Trinajstić information content (AvgIpc) is 2.42. The van der Waals surface area contributed by atoms with Gasteiger partial charge in [0.15, 0.2) is 0 Å². The summed E-state index contributed by atoms with van der Waals surface area (Å²) >= 11 is 1.58. The molecule has 7 heteroatoms. The number of rotatable bonds is 6. The van der Waals surface area contributed by atoms with E-state index in [0.717, 1.165) is 5.75 Å². The Bertz CT molecular complexity index is 281. The monoisotopic (exact) mass is 275 g/mol. The molecular weight excluding hydrogens is 254 g/mol. The summed E-state index contributed by atoms with van der Waals surface area (Å²) < 4.78 is 4.92. The highest BCUT2D eigenvalue weighted by atomic mass is 32.2. The van der Waals surface area contributed by atoms with Crippen LogP contribution in [0.3, 0.4) is 0 Å². The van der Waals surface area contributed by atoms with E-state index in [2.05, 4.69) is 5.43 Å². The first-order chi connectivity index (χ1) is 8.69. The summed E-state index contributed by atoms with van der Waals surface area (Å²) in [5, 5.41) is 0. The summed E-state index contributed by atoms with van der Waals surface area (Å²) in [5.41, 5.74) is 2.17. The molecule has 1 heterocycles. The number of thioether (sulfide) groups is 1. The van der Waals surface area contributed by atoms with E-state index < -0.39 is 0 Å². The van der Waals surface area contributed by atoms with Crippen molar-refractivity contribution in [3.63, 3.8) is 0 Å². The van der Waals surface area contributed by atoms with Crippen LogP contribution >= 0.6 is 11.8 Å². The van der Waals surface area contributed by atoms with Crippen LogP contribution in [0.1, 0.15) is 12.8 Å². The lowest BCUT2D eigenvalue weighted by molar-refractivity contribution is -0.133. The first kappa shape index (κ1) is 15.3. The molecule has 1 saturated heterocycles. The number of methoxy groups -OCH3 is 1. The first-order valence-electron chi connectivity index (χ1n) is 6.04. The number of nitrogens with zero attached hydrogens (tertiary/aromatic N) is 1. The molecule has 104 valence electrons. The Morgan fingerprint density at radius 1 is 1.44 bits per heavy atom. The molecule has 2 amide bonds. The first-order valence-corrected chi connectivity index (χ1v) is 7.19. The maximum absolute atomic E-state index is 11.8. The molecule has 0 atom stereocenters. The standard InChI is InChI=1S/C11H21N3O3S/c1-17-6-7-18-8-10(15)14-4-2-9(3-5-14)11(16)13-12/h9H,2-8,12H2,1H3,(H,13,16). The van der Waals surface area contributed by atoms with Gasteiger partial charge in [-0.05, 0) is 12.8 Å². The van der Waals surface area contributed by atoms with Crippen molar-refractivity contribution in [2.45, 2.75) is 12.8 Å². The number of carbonyl (C=O) groups is 2. The van der Waals surface area contributed by atoms with Crippen molar-refractivity contribution in [2.24, 2.45) is 11.8 Å². The topological polar surface area (TPSA) is 84.7 Å². The molecule has 0 saturated carbocycles. The molecule has 0 aromatic rings. The Kier molecular flexibility index (Phi) is 7.07. The number of piperidine rings is 1. The Hall–Kier alpha value is -0.790. The molecule has 0 bridgehead atoms. The van der Waals surface area contributed by atoms with Gasteiger partial charge >= 0.3 is 0 Å². The van der Waals surface area contributed by atoms with Crippen molar-refractivity contribution in [3.8, 4) is 0 Å². The number of carbonyl (C=O) groups excluding carboxylic acids is 2. The molecule has 1 rings (SSSR count). The number of ether oxygens (including phenoxy) is 1. The zero-order chi connectivity index (χ0) is 13.4. The zero-order valence-electron chi connectivity index (χ0n) is 10.7. The smallest absolute Gasteiger partial charge is 0.237 e. The van der Waals surface area contributed by atoms with E-state index in [1.165, 1.54) is 0 Å². The van der Waals surface area contributed by atoms with Gasteiger partial charge in [0.1, 0.15) is 0 Å². The molecule has 0 unspecified atom stereocenters. The van der Waals surface area contributed by atoms with Gasteiger partial charge < -0.3 is 9.64 Å². The van der Waals surface area contributed by atoms with E-state index in [1.54, 1.807) is 18.9 Å². The average molecular weight is 275 g/mol. The molecule has 1 fully saturated rings. The normalized spacial score (nSPS) is 16.7. The fourth-order valence-electron chi connectivity index (χ4n) is 1.90. The number of nitrogens with one attached hydrogen (secondary N) is 1. The number of amides is 2. The maximum atomic E-state index is 11.8. The maximum Gasteiger partial charge on any atom is 0.237 e. The number of likely N-dealkylation sites (tertiary alicyclic amines) is 1. The van der Waals surface area contributed by atoms with Gasteiger partial charge in [-0.1, -0.05) is 0 Å². The summed E-state index contributed by atoms with van der Waals surface area (Å²) in [4.78, 5) is 25.0. The van der Waals surface area contributed by atoms with Gasteiger partial charge in [0.2, 0.25) is 11.8 Å². The summed E-state index contributed by atoms with van der Waals surface area (Å²) in [6.07, 6.45) is 1.38. The minimum absolute atomic E-state index is 0.0554. The van der Waals surface area contributed by atoms with Crippen molar-refractivity contribution in [1.82, 2.24) is 10.3 Å². The Labute approximate surface area is 112 Å². The van der Waals surface area contributed by atoms with E-state index in [4.69, 9.17) is 10.6 Å². The van der Waals surface area contributed by atoms with Crippen LogP contribution < -0.4 is 11.3 Å². The van der Waals surface area contributed by atoms with Gasteiger partial charge in [0.05, 0.1) is 12.4 Å². The highest BCUT2D eigenvalue weighted by molar-refractivity contribution is 7.99. The van der Waals surface area contributed by atoms with Crippen molar-refractivity contribution >= 4 is 23.6 Å². The van der Waals surface area contributed by atoms with E-state index in [-0.39, 0.29) is 17.7 Å². The minimum Gasteiger partial charge on any atom is -0.384 e. The van der Waals surface area contributed by atoms with E-state index in [9.17, 15) is 9.59 Å². The predicted octanol–water partition coefficient (Wildman–Crippen LogP) is -0.405. The number of hydrogen-bond donors (Lipinski definition) is 2. The number of nitrogens with two attached hydrogens (primary N) is 1. The molecule has 3 N–H and O–H groups in total. The summed E-state index contributed by atoms with van der Waals surface area (Å²) in [5.74, 6) is 6.37. The molecule has 1 aliphatic heterocycles. The SMILES string of the molecule is COCCSCC(=O)N1CCC(C(=O)NN)CC1. The van der Waals surface area contributed by atoms with E-state index in [0.29, 0.717) is 38.3 Å². The van der Waals surface area contributed by atoms with Crippen molar-refractivity contribution in [1.29, 1.82) is 0 Å². The molecular formula is C11H21N3O3S. The molecule has 0 spiro atoms. The predicted molar refractivity (Wildman–Crippen MR) is 70.8 cm³/mol. The highest BCUT2D eigenvalue weighted by Crippen LogP contribution is 2.18. The van der Waals surface area contributed by atoms with Crippen LogP contribution in [0.25, 0.3) is 0 Å². The van der Waals surface area contributed by atoms with Crippen molar-refractivity contribution in [3.05, 3.63) is 0 Å². The van der Waals surface area contributed by atoms with Crippen LogP contribution in [0.2, 0.25) is 0 Å². The van der Waals surface area contributed by atoms with E-state index >= 15 is 0 Å². The molecule has 0 aliphatic carbocycles. The largest absolute Gasteiger partial charge is 0.384 e. The third kappa shape index (κ3) is 4.83. The van der Waals surface area contributed by atoms with E-state index in [1.807, 2.05) is 4.90 Å². The van der Waals surface area contributed by atoms with Crippen LogP contribution in [-0.4, -0.2) is 55.0 Å². The van der Waals surface area contributed by atoms with Crippen LogP contribution in [0.5, 0.6) is 0 Å². The Morgan fingerprint density at radius 2 is 2.11 bits per heavy atom. The van der Waals surface area contributed by atoms with Gasteiger partial charge in [0.25, 0.3) is 0 Å². The number of hydrazine groups is 1. The Morgan fingerprint density at radius 3 is 2.67 bits per heavy atom. The van der Waals surface area contributed by atoms with Crippen molar-refractivity contribution < 1.29 is 14.3 Å². The third-order valence-corrected chi connectivity index (χ3v) is 3.92. The third-order valence-electron chi connectivity index (χ3n) is 3.02. The minimum atomic E-state index is -0.128. The molecule has 0 aromatic heterocycles. The second-order valence-corrected chi connectivity index (χ2v) is 5.31. The van der Waals surface area contributed by atoms with Crippen molar-refractivity contribution in [2.75, 3.05) is 38.3 Å². The highest BCUT2D eigenvalue weighted by Gasteiger charge is 2.26. The molecule has 0 aromatic carbocycles. The van der Waals surface area contributed by atoms with Gasteiger partial charge in [-0.15, -0.1) is 11.8 Å². The van der Waals surface area contributed by atoms with Gasteiger partial charge in [0, 0.05) is 31.9 Å². The summed E-state index contributed by atoms with van der Waals surface area (Å²) in [7, 11) is 1.65. The summed E-state index contributed by atoms with van der Waals surface area (Å²) in [6.45, 7) is 1.94. The zero-order valence-corrected chi connectivity index (χ0v) is 11.5. The van der Waals surface area contributed by atoms with Crippen LogP contribution in [0, 0.1) is 5.92 Å². The lowest BCUT2D eigenvalue weighted by Crippen LogP contribution is -2.45. The van der Waals surface area contributed by atoms with Gasteiger partial charge in [-0.2, -0.15) is 0 Å². The molecule has 6 nitrogen and oxygen atoms in total. The van der Waals surface area contributed by atoms with Crippen LogP contribution in [0.4, 0.5) is 0 Å². The fourth-order valence-corrected chi connectivity index (χ4v) is 2.69. The summed E-state index contributed by atoms with van der Waals surface area (Å²) in [6, 6.07) is 0. The molecule has 0 radical (unpaired) electrons. The van der Waals surface area contributed by atoms with Gasteiger partial charge in [-0.3, -0.25) is 15.0 Å². The fraction of sp³-hybridized carbons (Fsp3) is 0.818. The lowest BCUT2D eigenvalue weighted by Gasteiger charge is -2.31. The van der Waals surface area contributed by atoms with Gasteiger partial charge in [-0.25, -0.2) is 5.84 Å². The second kappa shape index (κ2) is 8.34. The lowest BCUT2D eigenvalue weighted by atomic mass is 9.96. The van der Waals surface area contributed by atoms with Crippen LogP contribution in [-0.2, 0) is 14.3 Å². The second-order valence-electron chi connectivity index (χ2n) is 4.21. The molecule has 18 heavy (non-hydrogen) atoms. The Balaban J connectivity index is 2.21. The quantitative estimate of drug-likeness (QED) is 0.298. The number of hydrogen-bond acceptors (Lipinski definition) is 5. The molecule has 1 aliphatic rings.